The van der Waals surface area contributed by atoms with E-state index in [2.05, 4.69) is 13.0 Å². The molecule has 0 atom stereocenters. The fourth-order valence-corrected chi connectivity index (χ4v) is 2.49. The third kappa shape index (κ3) is 3.32. The van der Waals surface area contributed by atoms with Gasteiger partial charge in [0.25, 0.3) is 0 Å². The van der Waals surface area contributed by atoms with Gasteiger partial charge >= 0.3 is 0 Å². The first kappa shape index (κ1) is 14.4. The summed E-state index contributed by atoms with van der Waals surface area (Å²) in [5, 5.41) is 20.3. The molecular weight excluding hydrogens is 248 g/mol. The lowest BCUT2D eigenvalue weighted by atomic mass is 9.96. The molecule has 106 valence electrons. The number of hydrogen-bond acceptors (Lipinski definition) is 2. The Morgan fingerprint density at radius 2 is 1.65 bits per heavy atom. The van der Waals surface area contributed by atoms with Crippen molar-refractivity contribution < 1.29 is 10.2 Å². The Morgan fingerprint density at radius 3 is 2.35 bits per heavy atom. The first-order valence-electron chi connectivity index (χ1n) is 7.20. The molecule has 0 saturated carbocycles. The van der Waals surface area contributed by atoms with Crippen LogP contribution in [0.2, 0.25) is 0 Å². The molecule has 0 aliphatic rings. The Morgan fingerprint density at radius 1 is 0.950 bits per heavy atom. The van der Waals surface area contributed by atoms with Crippen LogP contribution in [0.5, 0.6) is 11.5 Å². The molecule has 0 amide bonds. The van der Waals surface area contributed by atoms with E-state index in [1.54, 1.807) is 6.07 Å². The van der Waals surface area contributed by atoms with Gasteiger partial charge in [0, 0.05) is 6.42 Å². The predicted molar refractivity (Wildman–Crippen MR) is 82.4 cm³/mol. The summed E-state index contributed by atoms with van der Waals surface area (Å²) >= 11 is 0. The maximum Gasteiger partial charge on any atom is 0.122 e. The van der Waals surface area contributed by atoms with Crippen molar-refractivity contribution in [2.24, 2.45) is 0 Å². The Balaban J connectivity index is 2.32. The van der Waals surface area contributed by atoms with E-state index < -0.39 is 0 Å². The Bertz CT molecular complexity index is 588. The number of benzene rings is 2. The number of phenolic OH excluding ortho intramolecular Hbond substituents is 2. The summed E-state index contributed by atoms with van der Waals surface area (Å²) in [6, 6.07) is 11.3. The van der Waals surface area contributed by atoms with Crippen molar-refractivity contribution in [3.8, 4) is 11.5 Å². The molecule has 2 nitrogen and oxygen atoms in total. The topological polar surface area (TPSA) is 40.5 Å². The second-order valence-electron chi connectivity index (χ2n) is 5.34. The van der Waals surface area contributed by atoms with E-state index in [0.717, 1.165) is 41.5 Å². The van der Waals surface area contributed by atoms with Gasteiger partial charge in [-0.25, -0.2) is 0 Å². The molecule has 2 heteroatoms. The molecule has 0 saturated heterocycles. The molecular formula is C18H22O2. The van der Waals surface area contributed by atoms with Gasteiger partial charge in [-0.2, -0.15) is 0 Å². The minimum Gasteiger partial charge on any atom is -0.508 e. The van der Waals surface area contributed by atoms with Crippen molar-refractivity contribution in [3.63, 3.8) is 0 Å². The first-order valence-corrected chi connectivity index (χ1v) is 7.20. The summed E-state index contributed by atoms with van der Waals surface area (Å²) in [6.07, 6.45) is 3.65. The number of aromatic hydroxyl groups is 2. The molecule has 0 aliphatic carbocycles. The standard InChI is InChI=1S/C18H22O2/c1-3-4-7-15-10-13(2)11-16(18(15)20)12-14-8-5-6-9-17(14)19/h5-6,8-11,19-20H,3-4,7,12H2,1-2H3. The number of rotatable bonds is 5. The van der Waals surface area contributed by atoms with Crippen molar-refractivity contribution >= 4 is 0 Å². The highest BCUT2D eigenvalue weighted by atomic mass is 16.3. The van der Waals surface area contributed by atoms with E-state index in [1.807, 2.05) is 31.2 Å². The van der Waals surface area contributed by atoms with E-state index in [4.69, 9.17) is 0 Å². The summed E-state index contributed by atoms with van der Waals surface area (Å²) in [5.74, 6) is 0.663. The van der Waals surface area contributed by atoms with Crippen molar-refractivity contribution in [2.75, 3.05) is 0 Å². The van der Waals surface area contributed by atoms with Crippen LogP contribution in [0.3, 0.4) is 0 Å². The summed E-state index contributed by atoms with van der Waals surface area (Å²) in [6.45, 7) is 4.19. The van der Waals surface area contributed by atoms with Crippen molar-refractivity contribution in [1.82, 2.24) is 0 Å². The molecule has 0 bridgehead atoms. The molecule has 20 heavy (non-hydrogen) atoms. The highest BCUT2D eigenvalue weighted by molar-refractivity contribution is 5.47. The lowest BCUT2D eigenvalue weighted by Crippen LogP contribution is -1.95. The molecule has 0 heterocycles. The smallest absolute Gasteiger partial charge is 0.122 e. The van der Waals surface area contributed by atoms with E-state index in [-0.39, 0.29) is 5.75 Å². The highest BCUT2D eigenvalue weighted by Gasteiger charge is 2.11. The lowest BCUT2D eigenvalue weighted by Gasteiger charge is -2.12. The van der Waals surface area contributed by atoms with Crippen molar-refractivity contribution in [3.05, 3.63) is 58.7 Å². The van der Waals surface area contributed by atoms with Crippen LogP contribution in [0.15, 0.2) is 36.4 Å². The second-order valence-corrected chi connectivity index (χ2v) is 5.34. The molecule has 0 spiro atoms. The first-order chi connectivity index (χ1) is 9.61. The molecule has 2 aromatic rings. The van der Waals surface area contributed by atoms with Gasteiger partial charge in [-0.3, -0.25) is 0 Å². The average Bonchev–Trinajstić information content (AvgIpc) is 2.43. The van der Waals surface area contributed by atoms with Gasteiger partial charge in [0.05, 0.1) is 0 Å². The summed E-state index contributed by atoms with van der Waals surface area (Å²) in [5.41, 5.74) is 3.89. The molecule has 0 aliphatic heterocycles. The largest absolute Gasteiger partial charge is 0.508 e. The van der Waals surface area contributed by atoms with Crippen LogP contribution in [0.25, 0.3) is 0 Å². The lowest BCUT2D eigenvalue weighted by molar-refractivity contribution is 0.457. The number of aryl methyl sites for hydroxylation is 2. The Kier molecular flexibility index (Phi) is 4.67. The average molecular weight is 270 g/mol. The van der Waals surface area contributed by atoms with Crippen molar-refractivity contribution in [2.45, 2.75) is 39.5 Å². The van der Waals surface area contributed by atoms with Gasteiger partial charge in [0.2, 0.25) is 0 Å². The Hall–Kier alpha value is -1.96. The zero-order valence-electron chi connectivity index (χ0n) is 12.2. The summed E-state index contributed by atoms with van der Waals surface area (Å²) < 4.78 is 0. The predicted octanol–water partition coefficient (Wildman–Crippen LogP) is 4.34. The van der Waals surface area contributed by atoms with Gasteiger partial charge in [-0.1, -0.05) is 49.2 Å². The number of phenols is 2. The van der Waals surface area contributed by atoms with Crippen LogP contribution in [-0.4, -0.2) is 10.2 Å². The van der Waals surface area contributed by atoms with Gasteiger partial charge in [0.1, 0.15) is 11.5 Å². The number of hydrogen-bond donors (Lipinski definition) is 2. The molecule has 2 N–H and O–H groups in total. The van der Waals surface area contributed by atoms with E-state index in [9.17, 15) is 10.2 Å². The zero-order valence-corrected chi connectivity index (χ0v) is 12.2. The molecule has 2 rings (SSSR count). The minimum atomic E-state index is 0.281. The van der Waals surface area contributed by atoms with Crippen LogP contribution < -0.4 is 0 Å². The highest BCUT2D eigenvalue weighted by Crippen LogP contribution is 2.30. The van der Waals surface area contributed by atoms with Crippen LogP contribution in [0, 0.1) is 6.92 Å². The number of para-hydroxylation sites is 1. The molecule has 2 aromatic carbocycles. The Labute approximate surface area is 120 Å². The normalized spacial score (nSPS) is 10.7. The maximum atomic E-state index is 10.4. The van der Waals surface area contributed by atoms with Gasteiger partial charge in [-0.15, -0.1) is 0 Å². The zero-order chi connectivity index (χ0) is 14.5. The van der Waals surface area contributed by atoms with Crippen LogP contribution >= 0.6 is 0 Å². The van der Waals surface area contributed by atoms with Gasteiger partial charge in [0.15, 0.2) is 0 Å². The monoisotopic (exact) mass is 270 g/mol. The quantitative estimate of drug-likeness (QED) is 0.848. The third-order valence-corrected chi connectivity index (χ3v) is 3.58. The van der Waals surface area contributed by atoms with E-state index >= 15 is 0 Å². The fraction of sp³-hybridized carbons (Fsp3) is 0.333. The molecule has 0 unspecified atom stereocenters. The second kappa shape index (κ2) is 6.47. The van der Waals surface area contributed by atoms with E-state index in [1.165, 1.54) is 0 Å². The van der Waals surface area contributed by atoms with Crippen LogP contribution in [0.4, 0.5) is 0 Å². The summed E-state index contributed by atoms with van der Waals surface area (Å²) in [7, 11) is 0. The van der Waals surface area contributed by atoms with Gasteiger partial charge in [-0.05, 0) is 42.5 Å². The third-order valence-electron chi connectivity index (χ3n) is 3.58. The molecule has 0 fully saturated rings. The minimum absolute atomic E-state index is 0.281. The van der Waals surface area contributed by atoms with Crippen molar-refractivity contribution in [1.29, 1.82) is 0 Å². The fourth-order valence-electron chi connectivity index (χ4n) is 2.49. The maximum absolute atomic E-state index is 10.4. The van der Waals surface area contributed by atoms with E-state index in [0.29, 0.717) is 12.2 Å². The van der Waals surface area contributed by atoms with Crippen LogP contribution in [-0.2, 0) is 12.8 Å². The molecule has 0 aromatic heterocycles. The summed E-state index contributed by atoms with van der Waals surface area (Å²) in [4.78, 5) is 0. The number of unbranched alkanes of at least 4 members (excludes halogenated alkanes) is 1. The molecule has 0 radical (unpaired) electrons. The SMILES string of the molecule is CCCCc1cc(C)cc(Cc2ccccc2O)c1O. The van der Waals surface area contributed by atoms with Gasteiger partial charge < -0.3 is 10.2 Å². The van der Waals surface area contributed by atoms with Crippen LogP contribution in [0.1, 0.15) is 42.0 Å².